The number of benzene rings is 3. The van der Waals surface area contributed by atoms with E-state index in [1.54, 1.807) is 29.2 Å². The lowest BCUT2D eigenvalue weighted by molar-refractivity contribution is -0.131. The lowest BCUT2D eigenvalue weighted by Crippen LogP contribution is -2.53. The Hall–Kier alpha value is -4.68. The standard InChI is InChI=1S/C35H42F2N4O6/c1-4-11-41(12-5-2)35(47)26-17-24(32(38)44)16-25(18-26)34(46)40-29(15-23-13-27(36)19-28(37)14-23)31(43)30(42)21(3)33(45)39-20-22-9-7-6-8-10-22/h6-10,13-14,16-19,21,29-31,42-43H,4-5,11-12,15,20H2,1-3H3,(H2,38,44)(H,39,45)(H,40,46)/t21-,29+,30-,31-/m1/s1. The molecule has 0 heterocycles. The van der Waals surface area contributed by atoms with Crippen LogP contribution in [-0.2, 0) is 17.8 Å². The van der Waals surface area contributed by atoms with Crippen LogP contribution in [-0.4, -0.2) is 70.1 Å². The Morgan fingerprint density at radius 2 is 1.38 bits per heavy atom. The first kappa shape index (κ1) is 36.8. The van der Waals surface area contributed by atoms with Gasteiger partial charge in [0, 0.05) is 42.4 Å². The second-order valence-corrected chi connectivity index (χ2v) is 11.5. The van der Waals surface area contributed by atoms with Crippen LogP contribution >= 0.6 is 0 Å². The van der Waals surface area contributed by atoms with Gasteiger partial charge in [0.1, 0.15) is 17.7 Å². The lowest BCUT2D eigenvalue weighted by Gasteiger charge is -2.31. The van der Waals surface area contributed by atoms with E-state index in [0.717, 1.165) is 17.7 Å². The first-order valence-electron chi connectivity index (χ1n) is 15.5. The third-order valence-corrected chi connectivity index (χ3v) is 7.69. The molecule has 0 radical (unpaired) electrons. The number of aliphatic hydroxyl groups excluding tert-OH is 2. The quantitative estimate of drug-likeness (QED) is 0.160. The van der Waals surface area contributed by atoms with E-state index >= 15 is 0 Å². The molecule has 3 aromatic carbocycles. The Kier molecular flexibility index (Phi) is 13.5. The van der Waals surface area contributed by atoms with Crippen LogP contribution in [0, 0.1) is 17.6 Å². The summed E-state index contributed by atoms with van der Waals surface area (Å²) in [5.41, 5.74) is 6.16. The van der Waals surface area contributed by atoms with Crippen molar-refractivity contribution in [1.82, 2.24) is 15.5 Å². The molecule has 10 nitrogen and oxygen atoms in total. The Bertz CT molecular complexity index is 1530. The molecule has 0 aliphatic rings. The van der Waals surface area contributed by atoms with Crippen molar-refractivity contribution in [2.75, 3.05) is 13.1 Å². The number of rotatable bonds is 16. The van der Waals surface area contributed by atoms with Crippen LogP contribution in [0.15, 0.2) is 66.7 Å². The maximum atomic E-state index is 14.1. The number of hydrogen-bond donors (Lipinski definition) is 5. The molecule has 3 rings (SSSR count). The van der Waals surface area contributed by atoms with Gasteiger partial charge in [0.2, 0.25) is 11.8 Å². The zero-order chi connectivity index (χ0) is 34.7. The van der Waals surface area contributed by atoms with Crippen LogP contribution in [0.25, 0.3) is 0 Å². The topological polar surface area (TPSA) is 162 Å². The van der Waals surface area contributed by atoms with Gasteiger partial charge >= 0.3 is 0 Å². The van der Waals surface area contributed by atoms with Crippen LogP contribution in [0.5, 0.6) is 0 Å². The van der Waals surface area contributed by atoms with Crippen molar-refractivity contribution in [3.63, 3.8) is 0 Å². The highest BCUT2D eigenvalue weighted by Gasteiger charge is 2.35. The van der Waals surface area contributed by atoms with Gasteiger partial charge < -0.3 is 31.5 Å². The number of hydrogen-bond acceptors (Lipinski definition) is 6. The van der Waals surface area contributed by atoms with E-state index in [1.807, 2.05) is 19.9 Å². The molecular weight excluding hydrogens is 610 g/mol. The van der Waals surface area contributed by atoms with Gasteiger partial charge in [-0.15, -0.1) is 0 Å². The molecule has 4 amide bonds. The van der Waals surface area contributed by atoms with Gasteiger partial charge in [-0.3, -0.25) is 19.2 Å². The van der Waals surface area contributed by atoms with E-state index in [9.17, 15) is 38.2 Å². The minimum absolute atomic E-state index is 0.0430. The molecule has 0 bridgehead atoms. The Labute approximate surface area is 273 Å². The highest BCUT2D eigenvalue weighted by atomic mass is 19.1. The van der Waals surface area contributed by atoms with E-state index in [4.69, 9.17) is 5.73 Å². The number of nitrogens with two attached hydrogens (primary N) is 1. The summed E-state index contributed by atoms with van der Waals surface area (Å²) in [5.74, 6) is -5.70. The summed E-state index contributed by atoms with van der Waals surface area (Å²) in [5, 5.41) is 27.6. The third-order valence-electron chi connectivity index (χ3n) is 7.69. The molecule has 0 spiro atoms. The minimum atomic E-state index is -1.80. The monoisotopic (exact) mass is 652 g/mol. The number of primary amides is 1. The summed E-state index contributed by atoms with van der Waals surface area (Å²) in [6.07, 6.45) is -2.51. The number of carbonyl (C=O) groups excluding carboxylic acids is 4. The highest BCUT2D eigenvalue weighted by molar-refractivity contribution is 6.04. The van der Waals surface area contributed by atoms with Crippen molar-refractivity contribution < 1.29 is 38.2 Å². The lowest BCUT2D eigenvalue weighted by atomic mass is 9.90. The molecule has 12 heteroatoms. The van der Waals surface area contributed by atoms with Gasteiger partial charge in [-0.05, 0) is 60.7 Å². The SMILES string of the molecule is CCCN(CCC)C(=O)c1cc(C(N)=O)cc(C(=O)N[C@@H](Cc2cc(F)cc(F)c2)[C@@H](O)[C@H](O)[C@@H](C)C(=O)NCc2ccccc2)c1. The van der Waals surface area contributed by atoms with Gasteiger partial charge in [-0.25, -0.2) is 8.78 Å². The zero-order valence-electron chi connectivity index (χ0n) is 26.7. The molecule has 252 valence electrons. The number of aliphatic hydroxyl groups is 2. The normalized spacial score (nSPS) is 13.6. The molecule has 0 unspecified atom stereocenters. The molecule has 0 saturated carbocycles. The Morgan fingerprint density at radius 1 is 0.809 bits per heavy atom. The Balaban J connectivity index is 1.92. The molecule has 0 aromatic heterocycles. The van der Waals surface area contributed by atoms with Crippen molar-refractivity contribution >= 4 is 23.6 Å². The first-order valence-corrected chi connectivity index (χ1v) is 15.5. The summed E-state index contributed by atoms with van der Waals surface area (Å²) in [6, 6.07) is 14.1. The van der Waals surface area contributed by atoms with E-state index < -0.39 is 59.4 Å². The fourth-order valence-corrected chi connectivity index (χ4v) is 5.19. The van der Waals surface area contributed by atoms with Crippen LogP contribution in [0.1, 0.15) is 75.8 Å². The van der Waals surface area contributed by atoms with Crippen molar-refractivity contribution in [3.8, 4) is 0 Å². The minimum Gasteiger partial charge on any atom is -0.390 e. The average molecular weight is 653 g/mol. The van der Waals surface area contributed by atoms with E-state index in [0.29, 0.717) is 32.0 Å². The first-order chi connectivity index (χ1) is 22.3. The second-order valence-electron chi connectivity index (χ2n) is 11.5. The fourth-order valence-electron chi connectivity index (χ4n) is 5.19. The molecule has 47 heavy (non-hydrogen) atoms. The molecule has 0 saturated heterocycles. The number of nitrogens with one attached hydrogen (secondary N) is 2. The van der Waals surface area contributed by atoms with Crippen LogP contribution in [0.4, 0.5) is 8.78 Å². The highest BCUT2D eigenvalue weighted by Crippen LogP contribution is 2.19. The fraction of sp³-hybridized carbons (Fsp3) is 0.371. The molecule has 0 fully saturated rings. The molecule has 0 aliphatic carbocycles. The van der Waals surface area contributed by atoms with Gasteiger partial charge in [0.25, 0.3) is 11.8 Å². The maximum absolute atomic E-state index is 14.1. The van der Waals surface area contributed by atoms with Gasteiger partial charge in [-0.1, -0.05) is 51.1 Å². The summed E-state index contributed by atoms with van der Waals surface area (Å²) >= 11 is 0. The number of carbonyl (C=O) groups is 4. The number of halogens is 2. The summed E-state index contributed by atoms with van der Waals surface area (Å²) in [7, 11) is 0. The Morgan fingerprint density at radius 3 is 1.96 bits per heavy atom. The molecule has 6 N–H and O–H groups in total. The van der Waals surface area contributed by atoms with Gasteiger partial charge in [0.05, 0.1) is 18.1 Å². The second kappa shape index (κ2) is 17.3. The summed E-state index contributed by atoms with van der Waals surface area (Å²) in [6.45, 7) is 6.27. The van der Waals surface area contributed by atoms with Crippen molar-refractivity contribution in [3.05, 3.63) is 106 Å². The molecule has 3 aromatic rings. The third kappa shape index (κ3) is 10.4. The van der Waals surface area contributed by atoms with E-state index in [2.05, 4.69) is 10.6 Å². The smallest absolute Gasteiger partial charge is 0.253 e. The van der Waals surface area contributed by atoms with E-state index in [1.165, 1.54) is 25.1 Å². The van der Waals surface area contributed by atoms with Crippen LogP contribution < -0.4 is 16.4 Å². The predicted octanol–water partition coefficient (Wildman–Crippen LogP) is 3.34. The molecular formula is C35H42F2N4O6. The number of amides is 4. The van der Waals surface area contributed by atoms with Crippen molar-refractivity contribution in [2.45, 2.75) is 64.8 Å². The van der Waals surface area contributed by atoms with Crippen LogP contribution in [0.3, 0.4) is 0 Å². The zero-order valence-corrected chi connectivity index (χ0v) is 26.7. The molecule has 0 aliphatic heterocycles. The van der Waals surface area contributed by atoms with Crippen LogP contribution in [0.2, 0.25) is 0 Å². The average Bonchev–Trinajstić information content (AvgIpc) is 3.05. The largest absolute Gasteiger partial charge is 0.390 e. The van der Waals surface area contributed by atoms with Crippen molar-refractivity contribution in [2.24, 2.45) is 11.7 Å². The number of nitrogens with zero attached hydrogens (tertiary/aromatic N) is 1. The van der Waals surface area contributed by atoms with E-state index in [-0.39, 0.29) is 35.2 Å². The van der Waals surface area contributed by atoms with Crippen molar-refractivity contribution in [1.29, 1.82) is 0 Å². The summed E-state index contributed by atoms with van der Waals surface area (Å²) in [4.78, 5) is 53.6. The van der Waals surface area contributed by atoms with Gasteiger partial charge in [-0.2, -0.15) is 0 Å². The molecule has 4 atom stereocenters. The van der Waals surface area contributed by atoms with Gasteiger partial charge in [0.15, 0.2) is 0 Å². The maximum Gasteiger partial charge on any atom is 0.253 e. The summed E-state index contributed by atoms with van der Waals surface area (Å²) < 4.78 is 28.1. The predicted molar refractivity (Wildman–Crippen MR) is 172 cm³/mol.